The quantitative estimate of drug-likeness (QED) is 0.821. The van der Waals surface area contributed by atoms with Crippen LogP contribution in [0.25, 0.3) is 0 Å². The number of nitrogens with zero attached hydrogens (tertiary/aromatic N) is 4. The van der Waals surface area contributed by atoms with E-state index in [1.807, 2.05) is 0 Å². The topological polar surface area (TPSA) is 77.3 Å². The molecule has 0 N–H and O–H groups in total. The number of halogens is 1. The number of rotatable bonds is 5. The first-order chi connectivity index (χ1) is 10.5. The fourth-order valence-electron chi connectivity index (χ4n) is 2.26. The third kappa shape index (κ3) is 2.57. The SMILES string of the molecule is CCOc1ccc(S(=O)(=O)N2CC(n3ccnn3)C2)cc1F. The fourth-order valence-corrected chi connectivity index (χ4v) is 3.78. The average Bonchev–Trinajstić information content (AvgIpc) is 2.93. The molecule has 1 aliphatic rings. The van der Waals surface area contributed by atoms with Crippen LogP contribution >= 0.6 is 0 Å². The standard InChI is InChI=1S/C13H15FN4O3S/c1-2-21-13-4-3-11(7-12(13)14)22(19,20)17-8-10(9-17)18-6-5-15-16-18/h3-7,10H,2,8-9H2,1H3. The Morgan fingerprint density at radius 1 is 1.41 bits per heavy atom. The van der Waals surface area contributed by atoms with Gasteiger partial charge in [0.2, 0.25) is 10.0 Å². The maximum atomic E-state index is 13.8. The number of benzene rings is 1. The molecule has 0 radical (unpaired) electrons. The van der Waals surface area contributed by atoms with Crippen molar-refractivity contribution in [1.29, 1.82) is 0 Å². The van der Waals surface area contributed by atoms with Gasteiger partial charge in [0.05, 0.1) is 23.7 Å². The summed E-state index contributed by atoms with van der Waals surface area (Å²) < 4.78 is 46.6. The minimum Gasteiger partial charge on any atom is -0.491 e. The lowest BCUT2D eigenvalue weighted by Gasteiger charge is -2.37. The van der Waals surface area contributed by atoms with Crippen molar-refractivity contribution in [3.8, 4) is 5.75 Å². The molecule has 0 aliphatic carbocycles. The molecule has 0 unspecified atom stereocenters. The van der Waals surface area contributed by atoms with Crippen LogP contribution in [0.4, 0.5) is 4.39 Å². The Bertz CT molecular complexity index is 758. The summed E-state index contributed by atoms with van der Waals surface area (Å²) in [5, 5.41) is 7.53. The molecular formula is C13H15FN4O3S. The third-order valence-corrected chi connectivity index (χ3v) is 5.31. The van der Waals surface area contributed by atoms with Gasteiger partial charge >= 0.3 is 0 Å². The summed E-state index contributed by atoms with van der Waals surface area (Å²) >= 11 is 0. The van der Waals surface area contributed by atoms with E-state index in [9.17, 15) is 12.8 Å². The zero-order valence-corrected chi connectivity index (χ0v) is 12.7. The molecule has 0 amide bonds. The van der Waals surface area contributed by atoms with Gasteiger partial charge in [0.1, 0.15) is 0 Å². The molecule has 1 aromatic heterocycles. The van der Waals surface area contributed by atoms with Crippen molar-refractivity contribution in [2.24, 2.45) is 0 Å². The molecule has 2 aromatic rings. The van der Waals surface area contributed by atoms with Gasteiger partial charge in [-0.15, -0.1) is 5.10 Å². The Morgan fingerprint density at radius 3 is 2.77 bits per heavy atom. The van der Waals surface area contributed by atoms with Crippen molar-refractivity contribution in [3.05, 3.63) is 36.4 Å². The summed E-state index contributed by atoms with van der Waals surface area (Å²) in [6, 6.07) is 3.64. The van der Waals surface area contributed by atoms with Gasteiger partial charge in [-0.2, -0.15) is 4.31 Å². The highest BCUT2D eigenvalue weighted by atomic mass is 32.2. The van der Waals surface area contributed by atoms with Gasteiger partial charge in [-0.25, -0.2) is 17.5 Å². The molecule has 9 heteroatoms. The zero-order valence-electron chi connectivity index (χ0n) is 11.9. The Hall–Kier alpha value is -2.00. The van der Waals surface area contributed by atoms with Crippen LogP contribution in [-0.4, -0.2) is 47.4 Å². The summed E-state index contributed by atoms with van der Waals surface area (Å²) in [6.07, 6.45) is 3.23. The summed E-state index contributed by atoms with van der Waals surface area (Å²) in [7, 11) is -3.70. The summed E-state index contributed by atoms with van der Waals surface area (Å²) in [6.45, 7) is 2.63. The zero-order chi connectivity index (χ0) is 15.7. The van der Waals surface area contributed by atoms with Crippen molar-refractivity contribution < 1.29 is 17.5 Å². The molecule has 1 aromatic carbocycles. The first-order valence-electron chi connectivity index (χ1n) is 6.80. The van der Waals surface area contributed by atoms with E-state index in [0.29, 0.717) is 19.7 Å². The number of hydrogen-bond donors (Lipinski definition) is 0. The van der Waals surface area contributed by atoms with E-state index in [2.05, 4.69) is 10.3 Å². The van der Waals surface area contributed by atoms with Gasteiger partial charge in [0.25, 0.3) is 0 Å². The number of aromatic nitrogens is 3. The first kappa shape index (κ1) is 14.9. The second-order valence-electron chi connectivity index (χ2n) is 4.88. The Labute approximate surface area is 127 Å². The second kappa shape index (κ2) is 5.65. The van der Waals surface area contributed by atoms with Crippen molar-refractivity contribution in [3.63, 3.8) is 0 Å². The number of sulfonamides is 1. The monoisotopic (exact) mass is 326 g/mol. The van der Waals surface area contributed by atoms with Crippen LogP contribution in [0.3, 0.4) is 0 Å². The molecule has 22 heavy (non-hydrogen) atoms. The summed E-state index contributed by atoms with van der Waals surface area (Å²) in [4.78, 5) is -0.0782. The normalized spacial score (nSPS) is 16.5. The molecule has 118 valence electrons. The van der Waals surface area contributed by atoms with Crippen LogP contribution < -0.4 is 4.74 Å². The van der Waals surface area contributed by atoms with Crippen LogP contribution in [0, 0.1) is 5.82 Å². The van der Waals surface area contributed by atoms with Gasteiger partial charge < -0.3 is 4.74 Å². The van der Waals surface area contributed by atoms with Crippen LogP contribution in [-0.2, 0) is 10.0 Å². The Kier molecular flexibility index (Phi) is 3.83. The molecule has 0 bridgehead atoms. The van der Waals surface area contributed by atoms with E-state index in [1.165, 1.54) is 16.4 Å². The van der Waals surface area contributed by atoms with Crippen LogP contribution in [0.15, 0.2) is 35.5 Å². The minimum absolute atomic E-state index is 0.0372. The predicted molar refractivity (Wildman–Crippen MR) is 75.4 cm³/mol. The van der Waals surface area contributed by atoms with E-state index in [-0.39, 0.29) is 16.7 Å². The first-order valence-corrected chi connectivity index (χ1v) is 8.24. The van der Waals surface area contributed by atoms with Gasteiger partial charge in [-0.3, -0.25) is 0 Å². The molecule has 1 fully saturated rings. The highest BCUT2D eigenvalue weighted by Crippen LogP contribution is 2.29. The van der Waals surface area contributed by atoms with Crippen LogP contribution in [0.1, 0.15) is 13.0 Å². The molecule has 1 aliphatic heterocycles. The predicted octanol–water partition coefficient (Wildman–Crippen LogP) is 1.06. The van der Waals surface area contributed by atoms with E-state index in [1.54, 1.807) is 24.0 Å². The van der Waals surface area contributed by atoms with E-state index >= 15 is 0 Å². The lowest BCUT2D eigenvalue weighted by Crippen LogP contribution is -2.50. The Balaban J connectivity index is 1.75. The van der Waals surface area contributed by atoms with E-state index < -0.39 is 15.8 Å². The van der Waals surface area contributed by atoms with Gasteiger partial charge in [-0.1, -0.05) is 5.21 Å². The average molecular weight is 326 g/mol. The molecule has 2 heterocycles. The third-order valence-electron chi connectivity index (χ3n) is 3.48. The highest BCUT2D eigenvalue weighted by molar-refractivity contribution is 7.89. The number of hydrogen-bond acceptors (Lipinski definition) is 5. The van der Waals surface area contributed by atoms with Crippen LogP contribution in [0.5, 0.6) is 5.75 Å². The number of ether oxygens (including phenoxy) is 1. The van der Waals surface area contributed by atoms with E-state index in [0.717, 1.165) is 6.07 Å². The fraction of sp³-hybridized carbons (Fsp3) is 0.385. The van der Waals surface area contributed by atoms with Crippen molar-refractivity contribution in [1.82, 2.24) is 19.3 Å². The summed E-state index contributed by atoms with van der Waals surface area (Å²) in [5.74, 6) is -0.637. The molecule has 7 nitrogen and oxygen atoms in total. The van der Waals surface area contributed by atoms with Crippen molar-refractivity contribution in [2.75, 3.05) is 19.7 Å². The minimum atomic E-state index is -3.70. The lowest BCUT2D eigenvalue weighted by molar-refractivity contribution is 0.189. The Morgan fingerprint density at radius 2 is 2.18 bits per heavy atom. The van der Waals surface area contributed by atoms with Crippen molar-refractivity contribution >= 4 is 10.0 Å². The molecule has 3 rings (SSSR count). The largest absolute Gasteiger partial charge is 0.491 e. The molecule has 1 saturated heterocycles. The molecular weight excluding hydrogens is 311 g/mol. The summed E-state index contributed by atoms with van der Waals surface area (Å²) in [5.41, 5.74) is 0. The highest BCUT2D eigenvalue weighted by Gasteiger charge is 2.38. The van der Waals surface area contributed by atoms with Gasteiger partial charge in [0, 0.05) is 19.3 Å². The van der Waals surface area contributed by atoms with Crippen LogP contribution in [0.2, 0.25) is 0 Å². The second-order valence-corrected chi connectivity index (χ2v) is 6.82. The van der Waals surface area contributed by atoms with E-state index in [4.69, 9.17) is 4.74 Å². The lowest BCUT2D eigenvalue weighted by atomic mass is 10.2. The molecule has 0 spiro atoms. The van der Waals surface area contributed by atoms with Gasteiger partial charge in [-0.05, 0) is 25.1 Å². The maximum Gasteiger partial charge on any atom is 0.243 e. The van der Waals surface area contributed by atoms with Gasteiger partial charge in [0.15, 0.2) is 11.6 Å². The molecule has 0 saturated carbocycles. The maximum absolute atomic E-state index is 13.8. The smallest absolute Gasteiger partial charge is 0.243 e. The molecule has 0 atom stereocenters. The van der Waals surface area contributed by atoms with Crippen molar-refractivity contribution in [2.45, 2.75) is 17.9 Å².